The zero-order valence-electron chi connectivity index (χ0n) is 9.35. The molecular formula is C12H17N2O2. The van der Waals surface area contributed by atoms with Crippen molar-refractivity contribution in [3.8, 4) is 5.75 Å². The number of nitrogens with one attached hydrogen (secondary N) is 1. The highest BCUT2D eigenvalue weighted by Crippen LogP contribution is 2.20. The van der Waals surface area contributed by atoms with Crippen molar-refractivity contribution < 1.29 is 9.47 Å². The van der Waals surface area contributed by atoms with Gasteiger partial charge in [-0.05, 0) is 18.6 Å². The van der Waals surface area contributed by atoms with E-state index in [1.807, 2.05) is 24.3 Å². The molecular weight excluding hydrogens is 204 g/mol. The summed E-state index contributed by atoms with van der Waals surface area (Å²) in [6, 6.07) is 7.99. The Bertz CT molecular complexity index is 344. The molecule has 4 nitrogen and oxygen atoms in total. The van der Waals surface area contributed by atoms with Gasteiger partial charge in [0.1, 0.15) is 12.4 Å². The van der Waals surface area contributed by atoms with Gasteiger partial charge in [0.2, 0.25) is 0 Å². The molecule has 2 rings (SSSR count). The summed E-state index contributed by atoms with van der Waals surface area (Å²) in [6.07, 6.45) is 0.912. The zero-order chi connectivity index (χ0) is 11.4. The Morgan fingerprint density at radius 3 is 3.12 bits per heavy atom. The molecule has 1 saturated heterocycles. The average Bonchev–Trinajstić information content (AvgIpc) is 2.32. The van der Waals surface area contributed by atoms with Gasteiger partial charge in [-0.15, -0.1) is 0 Å². The lowest BCUT2D eigenvalue weighted by molar-refractivity contribution is 0.134. The predicted octanol–water partition coefficient (Wildman–Crippen LogP) is 1.39. The molecule has 1 radical (unpaired) electrons. The molecule has 1 aliphatic heterocycles. The number of hydrogen-bond donors (Lipinski definition) is 2. The SMILES string of the molecule is COc1cccc(NC2CCO[CH]C2N)c1. The summed E-state index contributed by atoms with van der Waals surface area (Å²) in [5, 5.41) is 3.39. The van der Waals surface area contributed by atoms with Crippen molar-refractivity contribution in [2.45, 2.75) is 18.5 Å². The number of hydrogen-bond acceptors (Lipinski definition) is 4. The second kappa shape index (κ2) is 5.18. The first-order valence-corrected chi connectivity index (χ1v) is 5.41. The van der Waals surface area contributed by atoms with Crippen LogP contribution in [0.2, 0.25) is 0 Å². The molecule has 0 saturated carbocycles. The van der Waals surface area contributed by atoms with E-state index >= 15 is 0 Å². The summed E-state index contributed by atoms with van der Waals surface area (Å²) in [4.78, 5) is 0. The van der Waals surface area contributed by atoms with Crippen molar-refractivity contribution in [2.24, 2.45) is 5.73 Å². The van der Waals surface area contributed by atoms with Crippen LogP contribution >= 0.6 is 0 Å². The van der Waals surface area contributed by atoms with Gasteiger partial charge >= 0.3 is 0 Å². The highest BCUT2D eigenvalue weighted by molar-refractivity contribution is 5.49. The standard InChI is InChI=1S/C12H17N2O2/c1-15-10-4-2-3-9(7-10)14-12-5-6-16-8-11(12)13/h2-4,7-8,11-12,14H,5-6,13H2,1H3. The first-order chi connectivity index (χ1) is 7.79. The lowest BCUT2D eigenvalue weighted by Crippen LogP contribution is -2.45. The Hall–Kier alpha value is -1.26. The van der Waals surface area contributed by atoms with Gasteiger partial charge in [-0.2, -0.15) is 0 Å². The fourth-order valence-corrected chi connectivity index (χ4v) is 1.76. The maximum atomic E-state index is 5.92. The molecule has 1 aromatic carbocycles. The molecule has 1 fully saturated rings. The zero-order valence-corrected chi connectivity index (χ0v) is 9.35. The van der Waals surface area contributed by atoms with Crippen molar-refractivity contribution in [1.29, 1.82) is 0 Å². The minimum atomic E-state index is -0.0695. The van der Waals surface area contributed by atoms with E-state index in [0.29, 0.717) is 0 Å². The van der Waals surface area contributed by atoms with E-state index in [0.717, 1.165) is 24.5 Å². The summed E-state index contributed by atoms with van der Waals surface area (Å²) in [5.74, 6) is 0.842. The van der Waals surface area contributed by atoms with Gasteiger partial charge in [0, 0.05) is 24.4 Å². The van der Waals surface area contributed by atoms with Crippen LogP contribution < -0.4 is 15.8 Å². The Morgan fingerprint density at radius 2 is 2.38 bits per heavy atom. The molecule has 1 aromatic rings. The molecule has 1 aliphatic rings. The van der Waals surface area contributed by atoms with Gasteiger partial charge in [-0.1, -0.05) is 6.07 Å². The van der Waals surface area contributed by atoms with E-state index in [1.165, 1.54) is 0 Å². The molecule has 1 heterocycles. The van der Waals surface area contributed by atoms with Gasteiger partial charge in [0.15, 0.2) is 0 Å². The lowest BCUT2D eigenvalue weighted by atomic mass is 10.0. The van der Waals surface area contributed by atoms with Crippen LogP contribution in [0, 0.1) is 6.61 Å². The van der Waals surface area contributed by atoms with Crippen molar-refractivity contribution in [2.75, 3.05) is 19.0 Å². The fourth-order valence-electron chi connectivity index (χ4n) is 1.76. The monoisotopic (exact) mass is 221 g/mol. The minimum absolute atomic E-state index is 0.0695. The molecule has 0 spiro atoms. The normalized spacial score (nSPS) is 25.1. The van der Waals surface area contributed by atoms with Crippen LogP contribution in [0.4, 0.5) is 5.69 Å². The van der Waals surface area contributed by atoms with Gasteiger partial charge in [0.25, 0.3) is 0 Å². The van der Waals surface area contributed by atoms with Gasteiger partial charge in [0.05, 0.1) is 13.2 Å². The van der Waals surface area contributed by atoms with E-state index in [2.05, 4.69) is 5.32 Å². The number of ether oxygens (including phenoxy) is 2. The van der Waals surface area contributed by atoms with E-state index in [1.54, 1.807) is 13.7 Å². The van der Waals surface area contributed by atoms with Crippen molar-refractivity contribution in [3.63, 3.8) is 0 Å². The Morgan fingerprint density at radius 1 is 1.50 bits per heavy atom. The maximum absolute atomic E-state index is 5.92. The second-order valence-electron chi connectivity index (χ2n) is 3.86. The Labute approximate surface area is 95.7 Å². The number of rotatable bonds is 3. The fraction of sp³-hybridized carbons (Fsp3) is 0.417. The average molecular weight is 221 g/mol. The topological polar surface area (TPSA) is 56.5 Å². The molecule has 2 atom stereocenters. The number of anilines is 1. The molecule has 87 valence electrons. The highest BCUT2D eigenvalue weighted by Gasteiger charge is 2.22. The van der Waals surface area contributed by atoms with E-state index < -0.39 is 0 Å². The largest absolute Gasteiger partial charge is 0.497 e. The smallest absolute Gasteiger partial charge is 0.120 e. The number of nitrogens with two attached hydrogens (primary N) is 1. The summed E-state index contributed by atoms with van der Waals surface area (Å²) < 4.78 is 10.3. The maximum Gasteiger partial charge on any atom is 0.120 e. The van der Waals surface area contributed by atoms with Crippen LogP contribution in [-0.4, -0.2) is 25.8 Å². The van der Waals surface area contributed by atoms with Gasteiger partial charge in [-0.3, -0.25) is 0 Å². The summed E-state index contributed by atoms with van der Waals surface area (Å²) in [7, 11) is 1.66. The Kier molecular flexibility index (Phi) is 3.64. The third-order valence-electron chi connectivity index (χ3n) is 2.69. The summed E-state index contributed by atoms with van der Waals surface area (Å²) >= 11 is 0. The number of benzene rings is 1. The van der Waals surface area contributed by atoms with Gasteiger partial charge in [-0.25, -0.2) is 0 Å². The lowest BCUT2D eigenvalue weighted by Gasteiger charge is -2.29. The molecule has 0 aromatic heterocycles. The first kappa shape index (κ1) is 11.2. The molecule has 3 N–H and O–H groups in total. The van der Waals surface area contributed by atoms with Crippen molar-refractivity contribution in [1.82, 2.24) is 0 Å². The predicted molar refractivity (Wildman–Crippen MR) is 63.2 cm³/mol. The highest BCUT2D eigenvalue weighted by atomic mass is 16.5. The molecule has 0 aliphatic carbocycles. The van der Waals surface area contributed by atoms with Crippen molar-refractivity contribution in [3.05, 3.63) is 30.9 Å². The van der Waals surface area contributed by atoms with Crippen LogP contribution in [0.15, 0.2) is 24.3 Å². The van der Waals surface area contributed by atoms with Crippen LogP contribution in [0.3, 0.4) is 0 Å². The molecule has 4 heteroatoms. The number of methoxy groups -OCH3 is 1. The van der Waals surface area contributed by atoms with Gasteiger partial charge < -0.3 is 20.5 Å². The third kappa shape index (κ3) is 2.65. The van der Waals surface area contributed by atoms with Crippen LogP contribution in [0.1, 0.15) is 6.42 Å². The Balaban J connectivity index is 2.01. The first-order valence-electron chi connectivity index (χ1n) is 5.41. The third-order valence-corrected chi connectivity index (χ3v) is 2.69. The van der Waals surface area contributed by atoms with E-state index in [-0.39, 0.29) is 12.1 Å². The van der Waals surface area contributed by atoms with Crippen LogP contribution in [0.25, 0.3) is 0 Å². The van der Waals surface area contributed by atoms with Crippen LogP contribution in [-0.2, 0) is 4.74 Å². The van der Waals surface area contributed by atoms with Crippen LogP contribution in [0.5, 0.6) is 5.75 Å². The molecule has 16 heavy (non-hydrogen) atoms. The molecule has 0 amide bonds. The molecule has 2 unspecified atom stereocenters. The quantitative estimate of drug-likeness (QED) is 0.809. The van der Waals surface area contributed by atoms with E-state index in [9.17, 15) is 0 Å². The van der Waals surface area contributed by atoms with Crippen molar-refractivity contribution >= 4 is 5.69 Å². The summed E-state index contributed by atoms with van der Waals surface area (Å²) in [6.45, 7) is 2.41. The minimum Gasteiger partial charge on any atom is -0.497 e. The van der Waals surface area contributed by atoms with E-state index in [4.69, 9.17) is 15.2 Å². The molecule has 0 bridgehead atoms. The second-order valence-corrected chi connectivity index (χ2v) is 3.86. The summed E-state index contributed by atoms with van der Waals surface area (Å²) in [5.41, 5.74) is 6.95.